The van der Waals surface area contributed by atoms with E-state index in [1.165, 1.54) is 0 Å². The molecule has 5 heteroatoms. The molecule has 0 saturated carbocycles. The van der Waals surface area contributed by atoms with Gasteiger partial charge in [0.2, 0.25) is 5.91 Å². The minimum Gasteiger partial charge on any atom is -0.385 e. The summed E-state index contributed by atoms with van der Waals surface area (Å²) in [5.41, 5.74) is 0. The van der Waals surface area contributed by atoms with Crippen LogP contribution in [0.1, 0.15) is 13.3 Å². The van der Waals surface area contributed by atoms with Crippen LogP contribution in [0, 0.1) is 5.92 Å². The Morgan fingerprint density at radius 2 is 2.13 bits per heavy atom. The molecule has 0 rings (SSSR count). The zero-order valence-corrected chi connectivity index (χ0v) is 10.9. The number of amides is 1. The number of ether oxygens (including phenoxy) is 1. The molecule has 1 atom stereocenters. The fourth-order valence-electron chi connectivity index (χ4n) is 1.33. The van der Waals surface area contributed by atoms with Crippen molar-refractivity contribution in [2.75, 3.05) is 40.9 Å². The van der Waals surface area contributed by atoms with Crippen LogP contribution < -0.4 is 5.32 Å². The molecule has 1 N–H and O–H groups in total. The van der Waals surface area contributed by atoms with Gasteiger partial charge >= 0.3 is 0 Å². The number of nitrogens with one attached hydrogen (secondary N) is 1. The van der Waals surface area contributed by atoms with Crippen molar-refractivity contribution in [3.8, 4) is 0 Å². The number of carbonyl (C=O) groups is 1. The van der Waals surface area contributed by atoms with Crippen molar-refractivity contribution < 1.29 is 9.53 Å². The van der Waals surface area contributed by atoms with Crippen molar-refractivity contribution in [1.29, 1.82) is 0 Å². The van der Waals surface area contributed by atoms with Crippen LogP contribution in [0.25, 0.3) is 0 Å². The summed E-state index contributed by atoms with van der Waals surface area (Å²) in [6, 6.07) is 0. The van der Waals surface area contributed by atoms with Gasteiger partial charge in [-0.25, -0.2) is 0 Å². The van der Waals surface area contributed by atoms with Crippen LogP contribution in [0.4, 0.5) is 0 Å². The number of nitrogens with zero attached hydrogens (tertiary/aromatic N) is 1. The first-order valence-electron chi connectivity index (χ1n) is 5.02. The van der Waals surface area contributed by atoms with Crippen LogP contribution in [-0.4, -0.2) is 51.7 Å². The number of rotatable bonds is 7. The van der Waals surface area contributed by atoms with Crippen molar-refractivity contribution in [3.05, 3.63) is 0 Å². The third kappa shape index (κ3) is 7.59. The Morgan fingerprint density at radius 1 is 1.53 bits per heavy atom. The predicted molar refractivity (Wildman–Crippen MR) is 64.5 cm³/mol. The maximum Gasteiger partial charge on any atom is 0.226 e. The largest absolute Gasteiger partial charge is 0.385 e. The van der Waals surface area contributed by atoms with E-state index in [0.29, 0.717) is 6.61 Å². The quantitative estimate of drug-likeness (QED) is 0.666. The van der Waals surface area contributed by atoms with Crippen LogP contribution in [0.3, 0.4) is 0 Å². The van der Waals surface area contributed by atoms with Gasteiger partial charge in [-0.05, 0) is 13.5 Å². The highest BCUT2D eigenvalue weighted by molar-refractivity contribution is 5.85. The summed E-state index contributed by atoms with van der Waals surface area (Å²) in [5, 5.41) is 3.00. The van der Waals surface area contributed by atoms with Gasteiger partial charge in [-0.1, -0.05) is 6.92 Å². The second-order valence-electron chi connectivity index (χ2n) is 3.56. The highest BCUT2D eigenvalue weighted by Crippen LogP contribution is 2.00. The minimum atomic E-state index is 0. The summed E-state index contributed by atoms with van der Waals surface area (Å²) < 4.78 is 4.93. The van der Waals surface area contributed by atoms with E-state index in [0.717, 1.165) is 19.5 Å². The Labute approximate surface area is 98.8 Å². The summed E-state index contributed by atoms with van der Waals surface area (Å²) in [5.74, 6) is 0.239. The lowest BCUT2D eigenvalue weighted by Gasteiger charge is -2.21. The van der Waals surface area contributed by atoms with Gasteiger partial charge in [-0.3, -0.25) is 4.79 Å². The van der Waals surface area contributed by atoms with E-state index >= 15 is 0 Å². The van der Waals surface area contributed by atoms with Crippen LogP contribution in [0.5, 0.6) is 0 Å². The minimum absolute atomic E-state index is 0. The Balaban J connectivity index is 0. The second-order valence-corrected chi connectivity index (χ2v) is 3.56. The SMILES string of the molecule is CNCC(C)C(=O)N(C)CCCOC.Cl. The number of halogens is 1. The molecule has 15 heavy (non-hydrogen) atoms. The first-order valence-corrected chi connectivity index (χ1v) is 5.02. The van der Waals surface area contributed by atoms with Crippen molar-refractivity contribution in [1.82, 2.24) is 10.2 Å². The lowest BCUT2D eigenvalue weighted by atomic mass is 10.1. The van der Waals surface area contributed by atoms with Crippen LogP contribution in [0.15, 0.2) is 0 Å². The smallest absolute Gasteiger partial charge is 0.226 e. The van der Waals surface area contributed by atoms with Crippen molar-refractivity contribution in [2.24, 2.45) is 5.92 Å². The van der Waals surface area contributed by atoms with Crippen LogP contribution >= 0.6 is 12.4 Å². The van der Waals surface area contributed by atoms with E-state index in [4.69, 9.17) is 4.74 Å². The summed E-state index contributed by atoms with van der Waals surface area (Å²) in [6.45, 7) is 4.14. The average Bonchev–Trinajstić information content (AvgIpc) is 2.17. The molecule has 0 radical (unpaired) electrons. The van der Waals surface area contributed by atoms with Crippen molar-refractivity contribution >= 4 is 18.3 Å². The molecule has 0 fully saturated rings. The van der Waals surface area contributed by atoms with Gasteiger partial charge in [0.05, 0.1) is 0 Å². The Bertz CT molecular complexity index is 168. The van der Waals surface area contributed by atoms with E-state index < -0.39 is 0 Å². The maximum absolute atomic E-state index is 11.7. The molecular formula is C10H23ClN2O2. The summed E-state index contributed by atoms with van der Waals surface area (Å²) in [6.07, 6.45) is 0.894. The monoisotopic (exact) mass is 238 g/mol. The molecule has 0 aromatic carbocycles. The summed E-state index contributed by atoms with van der Waals surface area (Å²) >= 11 is 0. The summed E-state index contributed by atoms with van der Waals surface area (Å²) in [4.78, 5) is 13.4. The van der Waals surface area contributed by atoms with Gasteiger partial charge in [0.25, 0.3) is 0 Å². The fraction of sp³-hybridized carbons (Fsp3) is 0.900. The normalized spacial score (nSPS) is 11.7. The average molecular weight is 239 g/mol. The van der Waals surface area contributed by atoms with Crippen LogP contribution in [0.2, 0.25) is 0 Å². The van der Waals surface area contributed by atoms with Crippen molar-refractivity contribution in [2.45, 2.75) is 13.3 Å². The third-order valence-corrected chi connectivity index (χ3v) is 2.15. The van der Waals surface area contributed by atoms with E-state index in [1.807, 2.05) is 21.0 Å². The molecule has 0 saturated heterocycles. The Kier molecular flexibility index (Phi) is 11.6. The standard InChI is InChI=1S/C10H22N2O2.ClH/c1-9(8-11-2)10(13)12(3)6-5-7-14-4;/h9,11H,5-8H2,1-4H3;1H. The molecule has 0 aromatic rings. The van der Waals surface area contributed by atoms with Gasteiger partial charge in [0, 0.05) is 39.8 Å². The molecule has 1 amide bonds. The molecule has 1 unspecified atom stereocenters. The number of hydrogen-bond acceptors (Lipinski definition) is 3. The number of methoxy groups -OCH3 is 1. The van der Waals surface area contributed by atoms with Crippen molar-refractivity contribution in [3.63, 3.8) is 0 Å². The summed E-state index contributed by atoms with van der Waals surface area (Å²) in [7, 11) is 5.37. The van der Waals surface area contributed by atoms with Gasteiger partial charge < -0.3 is 15.0 Å². The number of carbonyl (C=O) groups excluding carboxylic acids is 1. The highest BCUT2D eigenvalue weighted by atomic mass is 35.5. The molecule has 0 heterocycles. The van der Waals surface area contributed by atoms with Crippen LogP contribution in [-0.2, 0) is 9.53 Å². The van der Waals surface area contributed by atoms with E-state index in [1.54, 1.807) is 12.0 Å². The molecule has 4 nitrogen and oxygen atoms in total. The first-order chi connectivity index (χ1) is 6.63. The molecule has 0 aromatic heterocycles. The molecule has 0 aliphatic heterocycles. The number of hydrogen-bond donors (Lipinski definition) is 1. The molecule has 0 bridgehead atoms. The maximum atomic E-state index is 11.7. The first kappa shape index (κ1) is 17.1. The Hall–Kier alpha value is -0.320. The lowest BCUT2D eigenvalue weighted by Crippen LogP contribution is -2.36. The second kappa shape index (κ2) is 10.2. The predicted octanol–water partition coefficient (Wildman–Crippen LogP) is 0.759. The lowest BCUT2D eigenvalue weighted by molar-refractivity contribution is -0.133. The highest BCUT2D eigenvalue weighted by Gasteiger charge is 2.15. The van der Waals surface area contributed by atoms with E-state index in [9.17, 15) is 4.79 Å². The fourth-order valence-corrected chi connectivity index (χ4v) is 1.33. The van der Waals surface area contributed by atoms with E-state index in [2.05, 4.69) is 5.32 Å². The zero-order valence-electron chi connectivity index (χ0n) is 10.1. The molecule has 0 aliphatic carbocycles. The Morgan fingerprint density at radius 3 is 2.60 bits per heavy atom. The topological polar surface area (TPSA) is 41.6 Å². The van der Waals surface area contributed by atoms with Gasteiger partial charge in [0.1, 0.15) is 0 Å². The van der Waals surface area contributed by atoms with E-state index in [-0.39, 0.29) is 24.2 Å². The van der Waals surface area contributed by atoms with Gasteiger partial charge in [0.15, 0.2) is 0 Å². The molecule has 92 valence electrons. The zero-order chi connectivity index (χ0) is 11.0. The molecule has 0 spiro atoms. The third-order valence-electron chi connectivity index (χ3n) is 2.15. The van der Waals surface area contributed by atoms with Gasteiger partial charge in [-0.2, -0.15) is 0 Å². The molecular weight excluding hydrogens is 216 g/mol. The molecule has 0 aliphatic rings. The van der Waals surface area contributed by atoms with Gasteiger partial charge in [-0.15, -0.1) is 12.4 Å².